The summed E-state index contributed by atoms with van der Waals surface area (Å²) < 4.78 is 29.4. The second kappa shape index (κ2) is 10.8. The number of hydrogen-bond donors (Lipinski definition) is 2. The molecule has 1 unspecified atom stereocenters. The molecule has 0 radical (unpaired) electrons. The molecule has 110 valence electrons. The Morgan fingerprint density at radius 1 is 0.889 bits per heavy atom. The van der Waals surface area contributed by atoms with E-state index in [4.69, 9.17) is 4.55 Å². The van der Waals surface area contributed by atoms with Gasteiger partial charge in [0.1, 0.15) is 0 Å². The van der Waals surface area contributed by atoms with Crippen molar-refractivity contribution in [2.75, 3.05) is 5.75 Å². The van der Waals surface area contributed by atoms with Crippen LogP contribution in [0, 0.1) is 0 Å². The van der Waals surface area contributed by atoms with Crippen molar-refractivity contribution in [2.45, 2.75) is 77.2 Å². The smallest absolute Gasteiger partial charge is 0.264 e. The SMILES string of the molecule is CCC(O)CCCCCCCCCCS(=O)(=O)O. The van der Waals surface area contributed by atoms with Crippen LogP contribution in [0.2, 0.25) is 0 Å². The van der Waals surface area contributed by atoms with Crippen molar-refractivity contribution in [1.29, 1.82) is 0 Å². The third-order valence-electron chi connectivity index (χ3n) is 3.16. The fraction of sp³-hybridized carbons (Fsp3) is 1.00. The van der Waals surface area contributed by atoms with E-state index in [1.807, 2.05) is 6.92 Å². The summed E-state index contributed by atoms with van der Waals surface area (Å²) >= 11 is 0. The van der Waals surface area contributed by atoms with Crippen molar-refractivity contribution in [3.05, 3.63) is 0 Å². The van der Waals surface area contributed by atoms with Crippen LogP contribution in [0.5, 0.6) is 0 Å². The zero-order chi connectivity index (χ0) is 13.9. The zero-order valence-electron chi connectivity index (χ0n) is 11.5. The van der Waals surface area contributed by atoms with Crippen molar-refractivity contribution in [1.82, 2.24) is 0 Å². The number of aliphatic hydroxyl groups is 1. The van der Waals surface area contributed by atoms with Gasteiger partial charge in [-0.3, -0.25) is 4.55 Å². The van der Waals surface area contributed by atoms with Crippen LogP contribution in [0.15, 0.2) is 0 Å². The van der Waals surface area contributed by atoms with E-state index in [0.29, 0.717) is 6.42 Å². The van der Waals surface area contributed by atoms with Crippen LogP contribution in [0.3, 0.4) is 0 Å². The maximum absolute atomic E-state index is 10.5. The van der Waals surface area contributed by atoms with Crippen LogP contribution in [-0.2, 0) is 10.1 Å². The summed E-state index contributed by atoms with van der Waals surface area (Å²) in [5, 5.41) is 9.35. The molecule has 0 amide bonds. The molecule has 4 nitrogen and oxygen atoms in total. The average molecular weight is 280 g/mol. The minimum absolute atomic E-state index is 0.109. The van der Waals surface area contributed by atoms with E-state index in [-0.39, 0.29) is 11.9 Å². The Morgan fingerprint density at radius 2 is 1.33 bits per heavy atom. The van der Waals surface area contributed by atoms with Gasteiger partial charge in [-0.15, -0.1) is 0 Å². The van der Waals surface area contributed by atoms with Crippen LogP contribution >= 0.6 is 0 Å². The summed E-state index contributed by atoms with van der Waals surface area (Å²) in [5.41, 5.74) is 0. The summed E-state index contributed by atoms with van der Waals surface area (Å²) in [7, 11) is -3.76. The molecule has 0 aromatic carbocycles. The highest BCUT2D eigenvalue weighted by Gasteiger charge is 2.03. The van der Waals surface area contributed by atoms with Crippen molar-refractivity contribution in [3.8, 4) is 0 Å². The molecular formula is C13H28O4S. The monoisotopic (exact) mass is 280 g/mol. The highest BCUT2D eigenvalue weighted by Crippen LogP contribution is 2.11. The molecule has 1 atom stereocenters. The molecule has 0 aromatic heterocycles. The lowest BCUT2D eigenvalue weighted by Gasteiger charge is -2.06. The Bertz CT molecular complexity index is 275. The van der Waals surface area contributed by atoms with Crippen molar-refractivity contribution < 1.29 is 18.1 Å². The summed E-state index contributed by atoms with van der Waals surface area (Å²) in [4.78, 5) is 0. The van der Waals surface area contributed by atoms with E-state index in [0.717, 1.165) is 38.5 Å². The van der Waals surface area contributed by atoms with E-state index in [1.165, 1.54) is 19.3 Å². The first-order valence-corrected chi connectivity index (χ1v) is 8.70. The van der Waals surface area contributed by atoms with Crippen molar-refractivity contribution >= 4 is 10.1 Å². The first-order valence-electron chi connectivity index (χ1n) is 7.09. The highest BCUT2D eigenvalue weighted by molar-refractivity contribution is 7.85. The van der Waals surface area contributed by atoms with E-state index in [2.05, 4.69) is 0 Å². The van der Waals surface area contributed by atoms with Gasteiger partial charge >= 0.3 is 0 Å². The second-order valence-corrected chi connectivity index (χ2v) is 6.54. The van der Waals surface area contributed by atoms with Gasteiger partial charge in [0.05, 0.1) is 11.9 Å². The Labute approximate surface area is 112 Å². The van der Waals surface area contributed by atoms with E-state index < -0.39 is 10.1 Å². The van der Waals surface area contributed by atoms with Gasteiger partial charge < -0.3 is 5.11 Å². The Balaban J connectivity index is 3.12. The van der Waals surface area contributed by atoms with Crippen LogP contribution in [0.1, 0.15) is 71.1 Å². The van der Waals surface area contributed by atoms with Gasteiger partial charge in [-0.05, 0) is 19.3 Å². The zero-order valence-corrected chi connectivity index (χ0v) is 12.3. The predicted octanol–water partition coefficient (Wildman–Crippen LogP) is 3.16. The summed E-state index contributed by atoms with van der Waals surface area (Å²) in [5.74, 6) is -0.109. The molecule has 0 saturated carbocycles. The highest BCUT2D eigenvalue weighted by atomic mass is 32.2. The fourth-order valence-corrected chi connectivity index (χ4v) is 2.50. The van der Waals surface area contributed by atoms with Crippen LogP contribution in [-0.4, -0.2) is 29.9 Å². The minimum Gasteiger partial charge on any atom is -0.393 e. The Morgan fingerprint density at radius 3 is 1.78 bits per heavy atom. The molecule has 2 N–H and O–H groups in total. The molecule has 5 heteroatoms. The minimum atomic E-state index is -3.76. The lowest BCUT2D eigenvalue weighted by atomic mass is 10.0. The topological polar surface area (TPSA) is 74.6 Å². The third-order valence-corrected chi connectivity index (χ3v) is 3.97. The second-order valence-electron chi connectivity index (χ2n) is 4.97. The molecule has 0 spiro atoms. The maximum atomic E-state index is 10.5. The standard InChI is InChI=1S/C13H28O4S/c1-2-13(14)11-9-7-5-3-4-6-8-10-12-18(15,16)17/h13-14H,2-12H2,1H3,(H,15,16,17). The molecule has 0 aliphatic heterocycles. The number of unbranched alkanes of at least 4 members (excludes halogenated alkanes) is 7. The van der Waals surface area contributed by atoms with Crippen molar-refractivity contribution in [3.63, 3.8) is 0 Å². The number of aliphatic hydroxyl groups excluding tert-OH is 1. The van der Waals surface area contributed by atoms with E-state index in [1.54, 1.807) is 0 Å². The molecule has 0 aliphatic carbocycles. The lowest BCUT2D eigenvalue weighted by Crippen LogP contribution is -2.03. The van der Waals surface area contributed by atoms with E-state index in [9.17, 15) is 13.5 Å². The van der Waals surface area contributed by atoms with Crippen molar-refractivity contribution in [2.24, 2.45) is 0 Å². The molecule has 0 heterocycles. The quantitative estimate of drug-likeness (QED) is 0.425. The van der Waals surface area contributed by atoms with Crippen LogP contribution in [0.4, 0.5) is 0 Å². The van der Waals surface area contributed by atoms with Crippen LogP contribution in [0.25, 0.3) is 0 Å². The maximum Gasteiger partial charge on any atom is 0.264 e. The summed E-state index contributed by atoms with van der Waals surface area (Å²) in [6.45, 7) is 2.00. The Hall–Kier alpha value is -0.130. The molecule has 0 bridgehead atoms. The van der Waals surface area contributed by atoms with Gasteiger partial charge in [0.15, 0.2) is 0 Å². The molecule has 18 heavy (non-hydrogen) atoms. The number of hydrogen-bond acceptors (Lipinski definition) is 3. The molecular weight excluding hydrogens is 252 g/mol. The normalized spacial score (nSPS) is 13.7. The van der Waals surface area contributed by atoms with Gasteiger partial charge in [-0.1, -0.05) is 51.9 Å². The number of rotatable bonds is 12. The molecule has 0 rings (SSSR count). The van der Waals surface area contributed by atoms with Gasteiger partial charge in [0.25, 0.3) is 10.1 Å². The summed E-state index contributed by atoms with van der Waals surface area (Å²) in [6, 6.07) is 0. The third kappa shape index (κ3) is 13.9. The molecule has 0 aromatic rings. The summed E-state index contributed by atoms with van der Waals surface area (Å²) in [6.07, 6.45) is 9.83. The molecule has 0 saturated heterocycles. The fourth-order valence-electron chi connectivity index (χ4n) is 1.93. The first kappa shape index (κ1) is 17.9. The molecule has 0 aliphatic rings. The average Bonchev–Trinajstić information content (AvgIpc) is 2.29. The van der Waals surface area contributed by atoms with Gasteiger partial charge in [0, 0.05) is 0 Å². The van der Waals surface area contributed by atoms with E-state index >= 15 is 0 Å². The van der Waals surface area contributed by atoms with Gasteiger partial charge in [-0.25, -0.2) is 0 Å². The largest absolute Gasteiger partial charge is 0.393 e. The Kier molecular flexibility index (Phi) is 10.7. The lowest BCUT2D eigenvalue weighted by molar-refractivity contribution is 0.156. The van der Waals surface area contributed by atoms with Gasteiger partial charge in [-0.2, -0.15) is 8.42 Å². The van der Waals surface area contributed by atoms with Crippen LogP contribution < -0.4 is 0 Å². The van der Waals surface area contributed by atoms with Gasteiger partial charge in [0.2, 0.25) is 0 Å². The predicted molar refractivity (Wildman–Crippen MR) is 74.3 cm³/mol. The first-order chi connectivity index (χ1) is 8.45. The molecule has 0 fully saturated rings.